The smallest absolute Gasteiger partial charge is 0.318 e. The Hall–Kier alpha value is -2.14. The van der Waals surface area contributed by atoms with Crippen molar-refractivity contribution in [3.63, 3.8) is 0 Å². The van der Waals surface area contributed by atoms with Crippen LogP contribution in [0.3, 0.4) is 0 Å². The zero-order valence-corrected chi connectivity index (χ0v) is 12.2. The summed E-state index contributed by atoms with van der Waals surface area (Å²) in [6.45, 7) is 5.91. The first-order chi connectivity index (χ1) is 10.3. The van der Waals surface area contributed by atoms with Crippen molar-refractivity contribution in [3.8, 4) is 6.01 Å². The number of ether oxygens (including phenoxy) is 1. The maximum Gasteiger partial charge on any atom is 0.318 e. The van der Waals surface area contributed by atoms with Gasteiger partial charge < -0.3 is 15.0 Å². The van der Waals surface area contributed by atoms with Gasteiger partial charge in [-0.2, -0.15) is 4.98 Å². The van der Waals surface area contributed by atoms with E-state index in [1.54, 1.807) is 6.20 Å². The third-order valence-corrected chi connectivity index (χ3v) is 3.61. The fourth-order valence-electron chi connectivity index (χ4n) is 2.41. The minimum Gasteiger partial charge on any atom is -0.456 e. The standard InChI is InChI=1S/C16H20N4O/c1-13(14-5-3-2-4-6-14)21-16-18-8-7-15(19-16)20-11-9-17-10-12-20/h2-8,13,17H,9-12H2,1H3/t13-/m1/s1. The Morgan fingerprint density at radius 2 is 1.90 bits per heavy atom. The summed E-state index contributed by atoms with van der Waals surface area (Å²) < 4.78 is 5.87. The summed E-state index contributed by atoms with van der Waals surface area (Å²) in [6.07, 6.45) is 1.70. The van der Waals surface area contributed by atoms with Crippen LogP contribution < -0.4 is 15.0 Å². The predicted octanol–water partition coefficient (Wildman–Crippen LogP) is 2.03. The van der Waals surface area contributed by atoms with Gasteiger partial charge in [-0.3, -0.25) is 0 Å². The molecule has 0 unspecified atom stereocenters. The molecule has 110 valence electrons. The molecule has 1 aromatic carbocycles. The van der Waals surface area contributed by atoms with Crippen molar-refractivity contribution in [3.05, 3.63) is 48.2 Å². The van der Waals surface area contributed by atoms with Crippen LogP contribution in [0.15, 0.2) is 42.6 Å². The first-order valence-electron chi connectivity index (χ1n) is 7.33. The van der Waals surface area contributed by atoms with Gasteiger partial charge in [0.25, 0.3) is 0 Å². The highest BCUT2D eigenvalue weighted by molar-refractivity contribution is 5.39. The summed E-state index contributed by atoms with van der Waals surface area (Å²) in [6, 6.07) is 12.5. The molecule has 21 heavy (non-hydrogen) atoms. The molecule has 0 amide bonds. The first-order valence-corrected chi connectivity index (χ1v) is 7.33. The van der Waals surface area contributed by atoms with Gasteiger partial charge in [-0.05, 0) is 18.6 Å². The lowest BCUT2D eigenvalue weighted by atomic mass is 10.1. The molecule has 2 heterocycles. The number of nitrogens with one attached hydrogen (secondary N) is 1. The highest BCUT2D eigenvalue weighted by atomic mass is 16.5. The topological polar surface area (TPSA) is 50.3 Å². The van der Waals surface area contributed by atoms with Gasteiger partial charge in [0.05, 0.1) is 0 Å². The van der Waals surface area contributed by atoms with Gasteiger partial charge in [-0.1, -0.05) is 30.3 Å². The number of hydrogen-bond donors (Lipinski definition) is 1. The molecule has 0 saturated carbocycles. The Bertz CT molecular complexity index is 569. The summed E-state index contributed by atoms with van der Waals surface area (Å²) in [4.78, 5) is 11.0. The molecule has 0 aliphatic carbocycles. The lowest BCUT2D eigenvalue weighted by Gasteiger charge is -2.28. The van der Waals surface area contributed by atoms with Crippen LogP contribution in [0, 0.1) is 0 Å². The fraction of sp³-hybridized carbons (Fsp3) is 0.375. The number of hydrogen-bond acceptors (Lipinski definition) is 5. The molecule has 1 atom stereocenters. The lowest BCUT2D eigenvalue weighted by Crippen LogP contribution is -2.43. The first kappa shape index (κ1) is 13.8. The second kappa shape index (κ2) is 6.54. The van der Waals surface area contributed by atoms with Crippen molar-refractivity contribution in [1.82, 2.24) is 15.3 Å². The Labute approximate surface area is 125 Å². The predicted molar refractivity (Wildman–Crippen MR) is 82.6 cm³/mol. The van der Waals surface area contributed by atoms with Gasteiger partial charge in [0.2, 0.25) is 0 Å². The van der Waals surface area contributed by atoms with E-state index in [9.17, 15) is 0 Å². The van der Waals surface area contributed by atoms with Gasteiger partial charge in [0, 0.05) is 32.4 Å². The zero-order chi connectivity index (χ0) is 14.5. The van der Waals surface area contributed by atoms with E-state index >= 15 is 0 Å². The largest absolute Gasteiger partial charge is 0.456 e. The highest BCUT2D eigenvalue weighted by Crippen LogP contribution is 2.20. The van der Waals surface area contributed by atoms with Crippen LogP contribution in [0.5, 0.6) is 6.01 Å². The number of aromatic nitrogens is 2. The van der Waals surface area contributed by atoms with E-state index in [1.807, 2.05) is 43.3 Å². The molecule has 0 radical (unpaired) electrons. The minimum atomic E-state index is -0.0653. The van der Waals surface area contributed by atoms with Crippen molar-refractivity contribution in [2.24, 2.45) is 0 Å². The molecule has 0 spiro atoms. The van der Waals surface area contributed by atoms with E-state index in [2.05, 4.69) is 20.2 Å². The monoisotopic (exact) mass is 284 g/mol. The van der Waals surface area contributed by atoms with E-state index in [1.165, 1.54) is 0 Å². The van der Waals surface area contributed by atoms with Crippen LogP contribution in [0.2, 0.25) is 0 Å². The molecule has 1 N–H and O–H groups in total. The van der Waals surface area contributed by atoms with Gasteiger partial charge >= 0.3 is 6.01 Å². The number of anilines is 1. The summed E-state index contributed by atoms with van der Waals surface area (Å²) in [5.74, 6) is 0.932. The normalized spacial score (nSPS) is 16.5. The lowest BCUT2D eigenvalue weighted by molar-refractivity contribution is 0.207. The SMILES string of the molecule is C[C@@H](Oc1nccc(N2CCNCC2)n1)c1ccccc1. The number of benzene rings is 1. The van der Waals surface area contributed by atoms with Crippen LogP contribution >= 0.6 is 0 Å². The fourth-order valence-corrected chi connectivity index (χ4v) is 2.41. The van der Waals surface area contributed by atoms with Crippen molar-refractivity contribution in [2.45, 2.75) is 13.0 Å². The molecule has 2 aromatic rings. The van der Waals surface area contributed by atoms with E-state index in [0.717, 1.165) is 37.6 Å². The van der Waals surface area contributed by atoms with Crippen LogP contribution in [0.4, 0.5) is 5.82 Å². The van der Waals surface area contributed by atoms with Gasteiger partial charge in [0.1, 0.15) is 11.9 Å². The molecule has 3 rings (SSSR count). The van der Waals surface area contributed by atoms with E-state index < -0.39 is 0 Å². The van der Waals surface area contributed by atoms with E-state index in [0.29, 0.717) is 6.01 Å². The molecule has 1 aliphatic heterocycles. The van der Waals surface area contributed by atoms with Gasteiger partial charge in [-0.15, -0.1) is 0 Å². The molecule has 1 aliphatic rings. The summed E-state index contributed by atoms with van der Waals surface area (Å²) in [5, 5.41) is 3.34. The average molecular weight is 284 g/mol. The van der Waals surface area contributed by atoms with Crippen molar-refractivity contribution < 1.29 is 4.74 Å². The quantitative estimate of drug-likeness (QED) is 0.931. The maximum absolute atomic E-state index is 5.87. The summed E-state index contributed by atoms with van der Waals surface area (Å²) >= 11 is 0. The number of rotatable bonds is 4. The van der Waals surface area contributed by atoms with Crippen molar-refractivity contribution >= 4 is 5.82 Å². The number of nitrogens with zero attached hydrogens (tertiary/aromatic N) is 3. The van der Waals surface area contributed by atoms with Crippen LogP contribution in [0.1, 0.15) is 18.6 Å². The molecule has 5 nitrogen and oxygen atoms in total. The highest BCUT2D eigenvalue weighted by Gasteiger charge is 2.14. The van der Waals surface area contributed by atoms with E-state index in [-0.39, 0.29) is 6.10 Å². The second-order valence-corrected chi connectivity index (χ2v) is 5.11. The maximum atomic E-state index is 5.87. The average Bonchev–Trinajstić information content (AvgIpc) is 2.57. The van der Waals surface area contributed by atoms with E-state index in [4.69, 9.17) is 4.74 Å². The number of piperazine rings is 1. The summed E-state index contributed by atoms with van der Waals surface area (Å²) in [7, 11) is 0. The molecule has 1 fully saturated rings. The van der Waals surface area contributed by atoms with Crippen LogP contribution in [-0.2, 0) is 0 Å². The molecular formula is C16H20N4O. The molecule has 5 heteroatoms. The molecule has 1 saturated heterocycles. The second-order valence-electron chi connectivity index (χ2n) is 5.11. The summed E-state index contributed by atoms with van der Waals surface area (Å²) in [5.41, 5.74) is 1.12. The minimum absolute atomic E-state index is 0.0653. The Kier molecular flexibility index (Phi) is 4.31. The Morgan fingerprint density at radius 1 is 1.14 bits per heavy atom. The van der Waals surface area contributed by atoms with Crippen molar-refractivity contribution in [2.75, 3.05) is 31.1 Å². The third-order valence-electron chi connectivity index (χ3n) is 3.61. The van der Waals surface area contributed by atoms with Gasteiger partial charge in [-0.25, -0.2) is 4.98 Å². The van der Waals surface area contributed by atoms with Crippen molar-refractivity contribution in [1.29, 1.82) is 0 Å². The Balaban J connectivity index is 1.71. The van der Waals surface area contributed by atoms with Crippen LogP contribution in [0.25, 0.3) is 0 Å². The Morgan fingerprint density at radius 3 is 2.67 bits per heavy atom. The van der Waals surface area contributed by atoms with Gasteiger partial charge in [0.15, 0.2) is 0 Å². The van der Waals surface area contributed by atoms with Crippen LogP contribution in [-0.4, -0.2) is 36.1 Å². The molecule has 0 bridgehead atoms. The molecular weight excluding hydrogens is 264 g/mol. The zero-order valence-electron chi connectivity index (χ0n) is 12.2. The molecule has 1 aromatic heterocycles. The third kappa shape index (κ3) is 3.49.